The van der Waals surface area contributed by atoms with Crippen LogP contribution in [0.2, 0.25) is 0 Å². The maximum Gasteiger partial charge on any atom is 0.147 e. The minimum atomic E-state index is 0.160. The Bertz CT molecular complexity index is 587. The number of alkyl halides is 1. The first-order valence-electron chi connectivity index (χ1n) is 6.93. The van der Waals surface area contributed by atoms with Gasteiger partial charge in [0.15, 0.2) is 0 Å². The summed E-state index contributed by atoms with van der Waals surface area (Å²) in [7, 11) is 0. The van der Waals surface area contributed by atoms with Crippen molar-refractivity contribution in [1.82, 2.24) is 9.55 Å². The lowest BCUT2D eigenvalue weighted by atomic mass is 10.3. The molecule has 2 aromatic rings. The molecule has 1 aliphatic carbocycles. The Hall–Kier alpha value is -1.22. The quantitative estimate of drug-likeness (QED) is 0.775. The molecule has 0 N–H and O–H groups in total. The van der Waals surface area contributed by atoms with E-state index in [1.54, 1.807) is 0 Å². The molecule has 1 aliphatic rings. The Morgan fingerprint density at radius 3 is 2.84 bits per heavy atom. The zero-order chi connectivity index (χ0) is 13.4. The highest BCUT2D eigenvalue weighted by Gasteiger charge is 2.28. The molecule has 0 unspecified atom stereocenters. The van der Waals surface area contributed by atoms with Crippen molar-refractivity contribution in [3.63, 3.8) is 0 Å². The average Bonchev–Trinajstić information content (AvgIpc) is 3.12. The van der Waals surface area contributed by atoms with Crippen molar-refractivity contribution in [1.29, 1.82) is 0 Å². The minimum Gasteiger partial charge on any atom is -0.489 e. The van der Waals surface area contributed by atoms with Gasteiger partial charge in [0.2, 0.25) is 0 Å². The van der Waals surface area contributed by atoms with E-state index in [4.69, 9.17) is 21.3 Å². The molecule has 19 heavy (non-hydrogen) atoms. The highest BCUT2D eigenvalue weighted by atomic mass is 35.5. The van der Waals surface area contributed by atoms with Crippen LogP contribution in [-0.4, -0.2) is 21.5 Å². The van der Waals surface area contributed by atoms with Crippen LogP contribution in [0.4, 0.5) is 0 Å². The van der Waals surface area contributed by atoms with Gasteiger partial charge in [-0.25, -0.2) is 4.98 Å². The summed E-state index contributed by atoms with van der Waals surface area (Å²) in [6.07, 6.45) is 3.47. The fourth-order valence-corrected chi connectivity index (χ4v) is 2.66. The van der Waals surface area contributed by atoms with Gasteiger partial charge in [-0.1, -0.05) is 6.07 Å². The van der Waals surface area contributed by atoms with Gasteiger partial charge in [-0.3, -0.25) is 0 Å². The summed E-state index contributed by atoms with van der Waals surface area (Å²) in [5.74, 6) is 2.58. The predicted molar refractivity (Wildman–Crippen MR) is 78.2 cm³/mol. The summed E-state index contributed by atoms with van der Waals surface area (Å²) in [6.45, 7) is 4.08. The van der Waals surface area contributed by atoms with E-state index in [2.05, 4.69) is 10.6 Å². The normalized spacial score (nSPS) is 15.4. The molecule has 3 rings (SSSR count). The summed E-state index contributed by atoms with van der Waals surface area (Å²) < 4.78 is 8.22. The first-order valence-corrected chi connectivity index (χ1v) is 7.46. The smallest absolute Gasteiger partial charge is 0.147 e. The number of benzene rings is 1. The van der Waals surface area contributed by atoms with Crippen molar-refractivity contribution in [3.05, 3.63) is 24.0 Å². The molecule has 1 aromatic heterocycles. The fourth-order valence-electron chi connectivity index (χ4n) is 2.49. The Balaban J connectivity index is 2.13. The molecule has 0 amide bonds. The number of aromatic nitrogens is 2. The molecule has 0 bridgehead atoms. The van der Waals surface area contributed by atoms with Crippen LogP contribution in [0, 0.1) is 0 Å². The Morgan fingerprint density at radius 2 is 2.21 bits per heavy atom. The maximum atomic E-state index is 5.90. The maximum absolute atomic E-state index is 5.90. The van der Waals surface area contributed by atoms with E-state index >= 15 is 0 Å². The van der Waals surface area contributed by atoms with Crippen LogP contribution < -0.4 is 4.74 Å². The molecule has 0 aliphatic heterocycles. The van der Waals surface area contributed by atoms with Gasteiger partial charge < -0.3 is 9.30 Å². The van der Waals surface area contributed by atoms with E-state index in [1.807, 2.05) is 26.0 Å². The number of nitrogens with zero attached hydrogens (tertiary/aromatic N) is 2. The summed E-state index contributed by atoms with van der Waals surface area (Å²) >= 11 is 5.90. The molecule has 0 spiro atoms. The molecule has 3 nitrogen and oxygen atoms in total. The van der Waals surface area contributed by atoms with Crippen LogP contribution in [-0.2, 0) is 6.42 Å². The lowest BCUT2D eigenvalue weighted by Crippen LogP contribution is -2.05. The first-order chi connectivity index (χ1) is 9.20. The van der Waals surface area contributed by atoms with Crippen LogP contribution in [0.3, 0.4) is 0 Å². The standard InChI is InChI=1S/C15H19ClN2O/c1-10(2)19-13-5-3-4-12-15(13)17-14(8-9-16)18(12)11-6-7-11/h3-5,10-11H,6-9H2,1-2H3. The number of imidazole rings is 1. The molecule has 0 saturated heterocycles. The van der Waals surface area contributed by atoms with Gasteiger partial charge in [-0.05, 0) is 38.8 Å². The fraction of sp³-hybridized carbons (Fsp3) is 0.533. The van der Waals surface area contributed by atoms with Crippen molar-refractivity contribution in [3.8, 4) is 5.75 Å². The third-order valence-electron chi connectivity index (χ3n) is 3.35. The average molecular weight is 279 g/mol. The van der Waals surface area contributed by atoms with Crippen molar-refractivity contribution in [2.45, 2.75) is 45.3 Å². The van der Waals surface area contributed by atoms with Crippen molar-refractivity contribution >= 4 is 22.6 Å². The molecular formula is C15H19ClN2O. The van der Waals surface area contributed by atoms with E-state index < -0.39 is 0 Å². The van der Waals surface area contributed by atoms with E-state index in [9.17, 15) is 0 Å². The van der Waals surface area contributed by atoms with Crippen molar-refractivity contribution in [2.24, 2.45) is 0 Å². The van der Waals surface area contributed by atoms with Crippen LogP contribution in [0.5, 0.6) is 5.75 Å². The van der Waals surface area contributed by atoms with E-state index in [-0.39, 0.29) is 6.10 Å². The Kier molecular flexibility index (Phi) is 3.40. The number of fused-ring (bicyclic) bond motifs is 1. The minimum absolute atomic E-state index is 0.160. The van der Waals surface area contributed by atoms with E-state index in [0.29, 0.717) is 11.9 Å². The van der Waals surface area contributed by atoms with Gasteiger partial charge in [0.1, 0.15) is 17.1 Å². The number of para-hydroxylation sites is 1. The zero-order valence-electron chi connectivity index (χ0n) is 11.4. The number of rotatable bonds is 5. The van der Waals surface area contributed by atoms with Gasteiger partial charge in [-0.2, -0.15) is 0 Å². The van der Waals surface area contributed by atoms with Gasteiger partial charge in [0.25, 0.3) is 0 Å². The number of halogens is 1. The van der Waals surface area contributed by atoms with Gasteiger partial charge >= 0.3 is 0 Å². The summed E-state index contributed by atoms with van der Waals surface area (Å²) in [6, 6.07) is 6.78. The lowest BCUT2D eigenvalue weighted by Gasteiger charge is -2.10. The molecule has 102 valence electrons. The van der Waals surface area contributed by atoms with Gasteiger partial charge in [-0.15, -0.1) is 11.6 Å². The first kappa shape index (κ1) is 12.8. The Morgan fingerprint density at radius 1 is 1.42 bits per heavy atom. The number of ether oxygens (including phenoxy) is 1. The molecule has 4 heteroatoms. The van der Waals surface area contributed by atoms with Crippen molar-refractivity contribution < 1.29 is 4.74 Å². The van der Waals surface area contributed by atoms with Gasteiger partial charge in [0.05, 0.1) is 11.6 Å². The van der Waals surface area contributed by atoms with Crippen LogP contribution in [0.15, 0.2) is 18.2 Å². The van der Waals surface area contributed by atoms with Gasteiger partial charge in [0, 0.05) is 18.3 Å². The molecule has 1 aromatic carbocycles. The van der Waals surface area contributed by atoms with E-state index in [0.717, 1.165) is 23.5 Å². The second-order valence-electron chi connectivity index (χ2n) is 5.36. The molecule has 1 saturated carbocycles. The van der Waals surface area contributed by atoms with Crippen LogP contribution in [0.25, 0.3) is 11.0 Å². The SMILES string of the molecule is CC(C)Oc1cccc2c1nc(CCCl)n2C1CC1. The molecule has 0 atom stereocenters. The van der Waals surface area contributed by atoms with Crippen LogP contribution >= 0.6 is 11.6 Å². The summed E-state index contributed by atoms with van der Waals surface area (Å²) in [5, 5.41) is 0. The highest BCUT2D eigenvalue weighted by molar-refractivity contribution is 6.17. The largest absolute Gasteiger partial charge is 0.489 e. The van der Waals surface area contributed by atoms with E-state index in [1.165, 1.54) is 18.4 Å². The Labute approximate surface area is 118 Å². The number of aryl methyl sites for hydroxylation is 1. The highest BCUT2D eigenvalue weighted by Crippen LogP contribution is 2.40. The van der Waals surface area contributed by atoms with Crippen LogP contribution in [0.1, 0.15) is 38.6 Å². The monoisotopic (exact) mass is 278 g/mol. The second kappa shape index (κ2) is 5.04. The summed E-state index contributed by atoms with van der Waals surface area (Å²) in [4.78, 5) is 4.77. The number of hydrogen-bond donors (Lipinski definition) is 0. The molecule has 1 heterocycles. The lowest BCUT2D eigenvalue weighted by molar-refractivity contribution is 0.245. The topological polar surface area (TPSA) is 27.1 Å². The van der Waals surface area contributed by atoms with Crippen molar-refractivity contribution in [2.75, 3.05) is 5.88 Å². The summed E-state index contributed by atoms with van der Waals surface area (Å²) in [5.41, 5.74) is 2.16. The molecular weight excluding hydrogens is 260 g/mol. The second-order valence-corrected chi connectivity index (χ2v) is 5.74. The predicted octanol–water partition coefficient (Wildman–Crippen LogP) is 3.94. The zero-order valence-corrected chi connectivity index (χ0v) is 12.2. The third kappa shape index (κ3) is 2.44. The molecule has 1 fully saturated rings. The molecule has 0 radical (unpaired) electrons. The third-order valence-corrected chi connectivity index (χ3v) is 3.54. The number of hydrogen-bond acceptors (Lipinski definition) is 2.